The fourth-order valence-electron chi connectivity index (χ4n) is 0.335. The second-order valence-corrected chi connectivity index (χ2v) is 1.56. The van der Waals surface area contributed by atoms with Crippen molar-refractivity contribution in [2.45, 2.75) is 6.92 Å². The number of nitrogens with zero attached hydrogens (tertiary/aromatic N) is 1. The Labute approximate surface area is 59.1 Å². The molecule has 4 nitrogen and oxygen atoms in total. The third-order valence-corrected chi connectivity index (χ3v) is 0.835. The molecule has 0 bridgehead atoms. The summed E-state index contributed by atoms with van der Waals surface area (Å²) in [5, 5.41) is 9.89. The minimum Gasteiger partial charge on any atom is -0.501 e. The fourth-order valence-corrected chi connectivity index (χ4v) is 0.335. The summed E-state index contributed by atoms with van der Waals surface area (Å²) < 4.78 is 4.66. The second kappa shape index (κ2) is 4.39. The molecule has 0 rings (SSSR count). The first-order chi connectivity index (χ1) is 4.70. The number of allylic oxidation sites excluding steroid dienone is 1. The van der Waals surface area contributed by atoms with Crippen LogP contribution in [0.15, 0.2) is 11.8 Å². The molecule has 10 heavy (non-hydrogen) atoms. The van der Waals surface area contributed by atoms with Crippen molar-refractivity contribution in [2.24, 2.45) is 0 Å². The van der Waals surface area contributed by atoms with E-state index >= 15 is 0 Å². The van der Waals surface area contributed by atoms with Gasteiger partial charge in [0.05, 0.1) is 12.9 Å². The molecular formula is C6H8N2O2. The van der Waals surface area contributed by atoms with Crippen LogP contribution in [-0.2, 0) is 9.53 Å². The van der Waals surface area contributed by atoms with Crippen LogP contribution in [-0.4, -0.2) is 13.0 Å². The quantitative estimate of drug-likeness (QED) is 0.257. The van der Waals surface area contributed by atoms with Gasteiger partial charge in [-0.15, -0.1) is 0 Å². The first kappa shape index (κ1) is 8.50. The number of methoxy groups -OCH3 is 1. The number of hydrogen-bond acceptors (Lipinski definition) is 3. The normalized spacial score (nSPS) is 9.90. The van der Waals surface area contributed by atoms with Crippen LogP contribution in [0.4, 0.5) is 0 Å². The van der Waals surface area contributed by atoms with Crippen molar-refractivity contribution in [1.29, 1.82) is 5.26 Å². The van der Waals surface area contributed by atoms with Crippen LogP contribution < -0.4 is 5.32 Å². The highest BCUT2D eigenvalue weighted by Gasteiger charge is 1.93. The van der Waals surface area contributed by atoms with E-state index in [1.165, 1.54) is 19.4 Å². The first-order valence-corrected chi connectivity index (χ1v) is 2.62. The van der Waals surface area contributed by atoms with Crippen LogP contribution in [0.5, 0.6) is 0 Å². The lowest BCUT2D eigenvalue weighted by Gasteiger charge is -1.95. The van der Waals surface area contributed by atoms with Gasteiger partial charge in [-0.2, -0.15) is 5.26 Å². The fraction of sp³-hybridized carbons (Fsp3) is 0.333. The second-order valence-electron chi connectivity index (χ2n) is 1.56. The predicted molar refractivity (Wildman–Crippen MR) is 34.5 cm³/mol. The van der Waals surface area contributed by atoms with Gasteiger partial charge in [0.2, 0.25) is 0 Å². The van der Waals surface area contributed by atoms with E-state index < -0.39 is 5.91 Å². The molecule has 0 aliphatic heterocycles. The molecule has 0 saturated heterocycles. The maximum atomic E-state index is 10.5. The zero-order chi connectivity index (χ0) is 7.98. The van der Waals surface area contributed by atoms with Gasteiger partial charge >= 0.3 is 0 Å². The maximum absolute atomic E-state index is 10.5. The summed E-state index contributed by atoms with van der Waals surface area (Å²) in [4.78, 5) is 10.5. The highest BCUT2D eigenvalue weighted by Crippen LogP contribution is 1.89. The summed E-state index contributed by atoms with van der Waals surface area (Å²) >= 11 is 0. The predicted octanol–water partition coefficient (Wildman–Crippen LogP) is 0.134. The molecule has 0 saturated carbocycles. The third kappa shape index (κ3) is 3.50. The smallest absolute Gasteiger partial charge is 0.260 e. The van der Waals surface area contributed by atoms with Crippen molar-refractivity contribution >= 4 is 5.91 Å². The zero-order valence-corrected chi connectivity index (χ0v) is 5.84. The standard InChI is InChI=1S/C6H8N2O2/c1-5(10-2)3-6(9)8-4-7/h3H,1-2H3,(H,8,9)/b5-3-. The highest BCUT2D eigenvalue weighted by atomic mass is 16.5. The Morgan fingerprint density at radius 1 is 1.80 bits per heavy atom. The van der Waals surface area contributed by atoms with Crippen LogP contribution in [0.1, 0.15) is 6.92 Å². The number of carbonyl (C=O) groups excluding carboxylic acids is 1. The summed E-state index contributed by atoms with van der Waals surface area (Å²) in [7, 11) is 1.45. The Balaban J connectivity index is 3.90. The van der Waals surface area contributed by atoms with Crippen molar-refractivity contribution in [3.8, 4) is 6.19 Å². The largest absolute Gasteiger partial charge is 0.501 e. The zero-order valence-electron chi connectivity index (χ0n) is 5.84. The van der Waals surface area contributed by atoms with E-state index in [1.54, 1.807) is 6.92 Å². The van der Waals surface area contributed by atoms with E-state index in [0.29, 0.717) is 5.76 Å². The topological polar surface area (TPSA) is 62.1 Å². The van der Waals surface area contributed by atoms with Gasteiger partial charge in [-0.05, 0) is 6.92 Å². The van der Waals surface area contributed by atoms with Gasteiger partial charge in [-0.25, -0.2) is 0 Å². The minimum absolute atomic E-state index is 0.466. The number of nitrogens with one attached hydrogen (secondary N) is 1. The van der Waals surface area contributed by atoms with Crippen molar-refractivity contribution in [3.05, 3.63) is 11.8 Å². The Morgan fingerprint density at radius 2 is 2.40 bits per heavy atom. The molecule has 4 heteroatoms. The van der Waals surface area contributed by atoms with Crippen molar-refractivity contribution < 1.29 is 9.53 Å². The molecule has 0 aliphatic rings. The molecule has 0 fully saturated rings. The van der Waals surface area contributed by atoms with E-state index in [2.05, 4.69) is 4.74 Å². The molecule has 0 aromatic rings. The molecule has 0 atom stereocenters. The average molecular weight is 140 g/mol. The number of nitriles is 1. The molecule has 0 heterocycles. The van der Waals surface area contributed by atoms with Crippen molar-refractivity contribution in [2.75, 3.05) is 7.11 Å². The Morgan fingerprint density at radius 3 is 2.80 bits per heavy atom. The Hall–Kier alpha value is -1.50. The van der Waals surface area contributed by atoms with E-state index in [-0.39, 0.29) is 0 Å². The molecule has 0 unspecified atom stereocenters. The third-order valence-electron chi connectivity index (χ3n) is 0.835. The number of amides is 1. The summed E-state index contributed by atoms with van der Waals surface area (Å²) in [5.41, 5.74) is 0. The molecule has 54 valence electrons. The highest BCUT2D eigenvalue weighted by molar-refractivity contribution is 5.88. The molecule has 0 aromatic carbocycles. The van der Waals surface area contributed by atoms with Gasteiger partial charge < -0.3 is 4.74 Å². The SMILES string of the molecule is CO/C(C)=C\C(=O)NC#N. The monoisotopic (exact) mass is 140 g/mol. The lowest BCUT2D eigenvalue weighted by atomic mass is 10.4. The Bertz CT molecular complexity index is 190. The van der Waals surface area contributed by atoms with Gasteiger partial charge in [0.15, 0.2) is 6.19 Å². The number of rotatable bonds is 2. The summed E-state index contributed by atoms with van der Waals surface area (Å²) in [6.07, 6.45) is 2.69. The number of ether oxygens (including phenoxy) is 1. The van der Waals surface area contributed by atoms with Gasteiger partial charge in [-0.1, -0.05) is 0 Å². The summed E-state index contributed by atoms with van der Waals surface area (Å²) in [6, 6.07) is 0. The van der Waals surface area contributed by atoms with Crippen LogP contribution >= 0.6 is 0 Å². The van der Waals surface area contributed by atoms with Gasteiger partial charge in [0, 0.05) is 6.08 Å². The van der Waals surface area contributed by atoms with E-state index in [1.807, 2.05) is 5.32 Å². The van der Waals surface area contributed by atoms with Gasteiger partial charge in [-0.3, -0.25) is 10.1 Å². The van der Waals surface area contributed by atoms with Crippen LogP contribution in [0.2, 0.25) is 0 Å². The van der Waals surface area contributed by atoms with Crippen LogP contribution in [0.3, 0.4) is 0 Å². The van der Waals surface area contributed by atoms with Crippen LogP contribution in [0.25, 0.3) is 0 Å². The summed E-state index contributed by atoms with van der Waals surface area (Å²) in [6.45, 7) is 1.62. The van der Waals surface area contributed by atoms with Crippen molar-refractivity contribution in [1.82, 2.24) is 5.32 Å². The van der Waals surface area contributed by atoms with Gasteiger partial charge in [0.1, 0.15) is 0 Å². The molecule has 1 amide bonds. The molecular weight excluding hydrogens is 132 g/mol. The first-order valence-electron chi connectivity index (χ1n) is 2.62. The average Bonchev–Trinajstić information content (AvgIpc) is 1.88. The molecule has 0 aliphatic carbocycles. The lowest BCUT2D eigenvalue weighted by Crippen LogP contribution is -2.14. The molecule has 0 spiro atoms. The van der Waals surface area contributed by atoms with Crippen LogP contribution in [0, 0.1) is 11.5 Å². The van der Waals surface area contributed by atoms with E-state index in [0.717, 1.165) is 0 Å². The van der Waals surface area contributed by atoms with Crippen molar-refractivity contribution in [3.63, 3.8) is 0 Å². The number of hydrogen-bond donors (Lipinski definition) is 1. The Kier molecular flexibility index (Phi) is 3.73. The van der Waals surface area contributed by atoms with E-state index in [9.17, 15) is 4.79 Å². The maximum Gasteiger partial charge on any atom is 0.260 e. The molecule has 0 aromatic heterocycles. The minimum atomic E-state index is -0.471. The van der Waals surface area contributed by atoms with E-state index in [4.69, 9.17) is 5.26 Å². The molecule has 1 N–H and O–H groups in total. The molecule has 0 radical (unpaired) electrons. The van der Waals surface area contributed by atoms with Gasteiger partial charge in [0.25, 0.3) is 5.91 Å². The summed E-state index contributed by atoms with van der Waals surface area (Å²) in [5.74, 6) is -0.00500. The number of carbonyl (C=O) groups is 1. The lowest BCUT2D eigenvalue weighted by molar-refractivity contribution is -0.115.